The fourth-order valence-corrected chi connectivity index (χ4v) is 9.60. The summed E-state index contributed by atoms with van der Waals surface area (Å²) >= 11 is 0. The molecule has 0 aromatic heterocycles. The van der Waals surface area contributed by atoms with Crippen LogP contribution < -0.4 is 0 Å². The number of carbonyl (C=O) groups is 2. The predicted octanol–water partition coefficient (Wildman–Crippen LogP) is 6.50. The molecular weight excluding hydrogens is 470 g/mol. The molecule has 0 spiro atoms. The summed E-state index contributed by atoms with van der Waals surface area (Å²) in [6, 6.07) is 7.51. The van der Waals surface area contributed by atoms with Crippen LogP contribution in [0.3, 0.4) is 0 Å². The summed E-state index contributed by atoms with van der Waals surface area (Å²) in [5, 5.41) is 11.6. The van der Waals surface area contributed by atoms with Crippen molar-refractivity contribution in [3.05, 3.63) is 35.4 Å². The van der Waals surface area contributed by atoms with E-state index in [-0.39, 0.29) is 22.7 Å². The van der Waals surface area contributed by atoms with Crippen molar-refractivity contribution in [2.45, 2.75) is 98.0 Å². The first-order valence-corrected chi connectivity index (χ1v) is 15.2. The standard InChI is InChI=1S/C34H47NO3/c1-6-35(7-2)31(37)25-10-8-24(9-11-25)16-19-34(38)21-20-32(4)26(22-34)12-13-27-29-15-14-28(23(3)36)33(29,5)18-17-30(27)32/h8-11,26-30,38H,6-7,12-15,17-18,20-22H2,1-5H3/t26-,27+,28-,29+,30+,32+,33-,34-/m1/s1. The highest BCUT2D eigenvalue weighted by Crippen LogP contribution is 2.68. The zero-order chi connectivity index (χ0) is 27.3. The number of nitrogens with zero attached hydrogens (tertiary/aromatic N) is 1. The molecule has 4 heteroatoms. The third-order valence-electron chi connectivity index (χ3n) is 11.8. The van der Waals surface area contributed by atoms with Crippen LogP contribution in [0.25, 0.3) is 0 Å². The Morgan fingerprint density at radius 3 is 2.26 bits per heavy atom. The summed E-state index contributed by atoms with van der Waals surface area (Å²) < 4.78 is 0. The van der Waals surface area contributed by atoms with Gasteiger partial charge in [-0.05, 0) is 137 Å². The van der Waals surface area contributed by atoms with Crippen molar-refractivity contribution in [2.75, 3.05) is 13.1 Å². The maximum absolute atomic E-state index is 12.6. The summed E-state index contributed by atoms with van der Waals surface area (Å²) in [5.41, 5.74) is 1.05. The number of amides is 1. The highest BCUT2D eigenvalue weighted by molar-refractivity contribution is 5.94. The molecule has 0 radical (unpaired) electrons. The molecule has 0 saturated heterocycles. The molecule has 1 amide bonds. The maximum atomic E-state index is 12.6. The average molecular weight is 518 g/mol. The molecule has 0 unspecified atom stereocenters. The zero-order valence-electron chi connectivity index (χ0n) is 24.2. The molecule has 0 heterocycles. The SMILES string of the molecule is CCN(CC)C(=O)c1ccc(C#C[C@@]2(O)CC[C@@]3(C)[C@H](CC[C@@H]4[C@@H]3CC[C@]3(C)[C@@H](C(C)=O)CC[C@@H]43)C2)cc1. The minimum Gasteiger partial charge on any atom is -0.378 e. The lowest BCUT2D eigenvalue weighted by molar-refractivity contribution is -0.144. The molecule has 4 saturated carbocycles. The van der Waals surface area contributed by atoms with Crippen molar-refractivity contribution < 1.29 is 14.7 Å². The quantitative estimate of drug-likeness (QED) is 0.464. The number of fused-ring (bicyclic) bond motifs is 5. The van der Waals surface area contributed by atoms with Crippen LogP contribution in [0, 0.1) is 52.3 Å². The number of ketones is 1. The van der Waals surface area contributed by atoms with E-state index in [1.165, 1.54) is 32.1 Å². The molecule has 206 valence electrons. The van der Waals surface area contributed by atoms with Crippen LogP contribution in [0.2, 0.25) is 0 Å². The lowest BCUT2D eigenvalue weighted by atomic mass is 9.44. The molecule has 0 bridgehead atoms. The van der Waals surface area contributed by atoms with E-state index in [0.717, 1.165) is 37.2 Å². The minimum absolute atomic E-state index is 0.0488. The Hall–Kier alpha value is -2.12. The molecule has 4 fully saturated rings. The summed E-state index contributed by atoms with van der Waals surface area (Å²) in [4.78, 5) is 26.8. The van der Waals surface area contributed by atoms with Gasteiger partial charge in [0, 0.05) is 30.1 Å². The van der Waals surface area contributed by atoms with Gasteiger partial charge < -0.3 is 10.0 Å². The van der Waals surface area contributed by atoms with E-state index in [1.807, 2.05) is 49.9 Å². The number of Topliss-reactive ketones (excluding diaryl/α,β-unsaturated/α-hetero) is 1. The van der Waals surface area contributed by atoms with Crippen LogP contribution in [0.4, 0.5) is 0 Å². The van der Waals surface area contributed by atoms with Gasteiger partial charge in [-0.1, -0.05) is 25.7 Å². The first-order chi connectivity index (χ1) is 18.0. The highest BCUT2D eigenvalue weighted by atomic mass is 16.3. The van der Waals surface area contributed by atoms with Crippen molar-refractivity contribution in [1.29, 1.82) is 0 Å². The van der Waals surface area contributed by atoms with E-state index in [1.54, 1.807) is 0 Å². The molecule has 4 aliphatic carbocycles. The van der Waals surface area contributed by atoms with Crippen LogP contribution in [0.5, 0.6) is 0 Å². The molecule has 1 N–H and O–H groups in total. The number of hydrogen-bond donors (Lipinski definition) is 1. The molecule has 4 nitrogen and oxygen atoms in total. The van der Waals surface area contributed by atoms with Gasteiger partial charge in [0.25, 0.3) is 5.91 Å². The van der Waals surface area contributed by atoms with Crippen LogP contribution in [-0.2, 0) is 4.79 Å². The van der Waals surface area contributed by atoms with E-state index in [9.17, 15) is 14.7 Å². The zero-order valence-corrected chi connectivity index (χ0v) is 24.2. The molecule has 8 atom stereocenters. The Balaban J connectivity index is 1.28. The molecule has 38 heavy (non-hydrogen) atoms. The van der Waals surface area contributed by atoms with Gasteiger partial charge in [-0.2, -0.15) is 0 Å². The lowest BCUT2D eigenvalue weighted by Crippen LogP contribution is -2.56. The number of rotatable bonds is 4. The number of carbonyl (C=O) groups excluding carboxylic acids is 2. The Bertz CT molecular complexity index is 1130. The highest BCUT2D eigenvalue weighted by Gasteiger charge is 2.61. The van der Waals surface area contributed by atoms with Gasteiger partial charge in [-0.15, -0.1) is 0 Å². The Morgan fingerprint density at radius 1 is 0.921 bits per heavy atom. The summed E-state index contributed by atoms with van der Waals surface area (Å²) in [6.45, 7) is 12.1. The smallest absolute Gasteiger partial charge is 0.253 e. The molecule has 4 aliphatic rings. The van der Waals surface area contributed by atoms with Crippen molar-refractivity contribution in [3.8, 4) is 11.8 Å². The second-order valence-electron chi connectivity index (χ2n) is 13.5. The van der Waals surface area contributed by atoms with Gasteiger partial charge in [-0.25, -0.2) is 0 Å². The third-order valence-corrected chi connectivity index (χ3v) is 11.8. The third kappa shape index (κ3) is 4.53. The first kappa shape index (κ1) is 27.4. The Labute approximate surface area is 230 Å². The van der Waals surface area contributed by atoms with Gasteiger partial charge in [0.05, 0.1) is 0 Å². The second kappa shape index (κ2) is 10.1. The lowest BCUT2D eigenvalue weighted by Gasteiger charge is -2.61. The van der Waals surface area contributed by atoms with Gasteiger partial charge in [0.15, 0.2) is 0 Å². The molecule has 0 aliphatic heterocycles. The Kier molecular flexibility index (Phi) is 7.31. The second-order valence-corrected chi connectivity index (χ2v) is 13.5. The van der Waals surface area contributed by atoms with E-state index >= 15 is 0 Å². The predicted molar refractivity (Wildman–Crippen MR) is 151 cm³/mol. The van der Waals surface area contributed by atoms with Crippen LogP contribution in [0.1, 0.15) is 108 Å². The van der Waals surface area contributed by atoms with E-state index in [2.05, 4.69) is 25.7 Å². The van der Waals surface area contributed by atoms with Gasteiger partial charge in [0.2, 0.25) is 0 Å². The first-order valence-electron chi connectivity index (χ1n) is 15.2. The fourth-order valence-electron chi connectivity index (χ4n) is 9.60. The van der Waals surface area contributed by atoms with E-state index < -0.39 is 5.60 Å². The summed E-state index contributed by atoms with van der Waals surface area (Å²) in [6.07, 6.45) is 9.64. The largest absolute Gasteiger partial charge is 0.378 e. The molecule has 1 aromatic rings. The van der Waals surface area contributed by atoms with Gasteiger partial charge in [-0.3, -0.25) is 9.59 Å². The van der Waals surface area contributed by atoms with Crippen molar-refractivity contribution in [2.24, 2.45) is 40.4 Å². The van der Waals surface area contributed by atoms with Crippen molar-refractivity contribution >= 4 is 11.7 Å². The topological polar surface area (TPSA) is 57.6 Å². The van der Waals surface area contributed by atoms with Crippen LogP contribution in [-0.4, -0.2) is 40.4 Å². The van der Waals surface area contributed by atoms with Crippen molar-refractivity contribution in [3.63, 3.8) is 0 Å². The summed E-state index contributed by atoms with van der Waals surface area (Å²) in [5.74, 6) is 9.83. The van der Waals surface area contributed by atoms with E-state index in [4.69, 9.17) is 0 Å². The van der Waals surface area contributed by atoms with E-state index in [0.29, 0.717) is 42.2 Å². The average Bonchev–Trinajstić information content (AvgIpc) is 3.27. The van der Waals surface area contributed by atoms with Gasteiger partial charge >= 0.3 is 0 Å². The molecule has 1 aromatic carbocycles. The monoisotopic (exact) mass is 517 g/mol. The van der Waals surface area contributed by atoms with Crippen LogP contribution in [0.15, 0.2) is 24.3 Å². The van der Waals surface area contributed by atoms with Crippen LogP contribution >= 0.6 is 0 Å². The van der Waals surface area contributed by atoms with Gasteiger partial charge in [0.1, 0.15) is 11.4 Å². The molecule has 5 rings (SSSR count). The maximum Gasteiger partial charge on any atom is 0.253 e. The number of aliphatic hydroxyl groups is 1. The Morgan fingerprint density at radius 2 is 1.61 bits per heavy atom. The fraction of sp³-hybridized carbons (Fsp3) is 0.706. The minimum atomic E-state index is -0.941. The number of benzene rings is 1. The van der Waals surface area contributed by atoms with Crippen molar-refractivity contribution in [1.82, 2.24) is 4.90 Å². The molecular formula is C34H47NO3. The normalized spacial score (nSPS) is 39.7. The number of hydrogen-bond acceptors (Lipinski definition) is 3. The summed E-state index contributed by atoms with van der Waals surface area (Å²) in [7, 11) is 0.